The highest BCUT2D eigenvalue weighted by Crippen LogP contribution is 2.24. The van der Waals surface area contributed by atoms with Crippen molar-refractivity contribution < 1.29 is 13.2 Å². The van der Waals surface area contributed by atoms with Crippen LogP contribution in [0.3, 0.4) is 0 Å². The van der Waals surface area contributed by atoms with Crippen LogP contribution in [0.25, 0.3) is 0 Å². The summed E-state index contributed by atoms with van der Waals surface area (Å²) in [6, 6.07) is 0. The molecular weight excluding hydrogens is 292 g/mol. The molecule has 0 saturated carbocycles. The lowest BCUT2D eigenvalue weighted by Gasteiger charge is -2.11. The van der Waals surface area contributed by atoms with Crippen LogP contribution in [0.15, 0.2) is 6.33 Å². The van der Waals surface area contributed by atoms with Gasteiger partial charge < -0.3 is 15.4 Å². The molecule has 1 aromatic rings. The molecule has 0 aliphatic carbocycles. The Morgan fingerprint density at radius 3 is 2.74 bits per heavy atom. The van der Waals surface area contributed by atoms with Crippen molar-refractivity contribution in [1.82, 2.24) is 9.97 Å². The first-order valence-electron chi connectivity index (χ1n) is 5.61. The van der Waals surface area contributed by atoms with Crippen LogP contribution in [0.2, 0.25) is 5.15 Å². The largest absolute Gasteiger partial charge is 0.383 e. The molecule has 9 heteroatoms. The highest BCUT2D eigenvalue weighted by atomic mass is 35.5. The van der Waals surface area contributed by atoms with E-state index in [0.29, 0.717) is 29.8 Å². The first kappa shape index (κ1) is 15.9. The van der Waals surface area contributed by atoms with Crippen LogP contribution in [0, 0.1) is 0 Å². The van der Waals surface area contributed by atoms with Gasteiger partial charge in [-0.3, -0.25) is 0 Å². The average Bonchev–Trinajstić information content (AvgIpc) is 2.32. The van der Waals surface area contributed by atoms with Crippen molar-refractivity contribution >= 4 is 32.9 Å². The monoisotopic (exact) mass is 308 g/mol. The van der Waals surface area contributed by atoms with E-state index in [9.17, 15) is 8.42 Å². The van der Waals surface area contributed by atoms with Gasteiger partial charge in [-0.25, -0.2) is 18.4 Å². The molecule has 0 amide bonds. The number of hydrogen-bond donors (Lipinski definition) is 2. The van der Waals surface area contributed by atoms with E-state index in [1.54, 1.807) is 7.05 Å². The van der Waals surface area contributed by atoms with Crippen molar-refractivity contribution in [3.05, 3.63) is 11.5 Å². The molecule has 7 nitrogen and oxygen atoms in total. The summed E-state index contributed by atoms with van der Waals surface area (Å²) < 4.78 is 26.9. The van der Waals surface area contributed by atoms with E-state index < -0.39 is 9.84 Å². The summed E-state index contributed by atoms with van der Waals surface area (Å²) in [6.07, 6.45) is 2.53. The second-order valence-electron chi connectivity index (χ2n) is 3.81. The Morgan fingerprint density at radius 1 is 1.37 bits per heavy atom. The predicted octanol–water partition coefficient (Wildman–Crippen LogP) is 0.645. The van der Waals surface area contributed by atoms with Gasteiger partial charge in [0.1, 0.15) is 21.9 Å². The van der Waals surface area contributed by atoms with Crippen LogP contribution in [0.1, 0.15) is 0 Å². The van der Waals surface area contributed by atoms with Crippen LogP contribution in [0.5, 0.6) is 0 Å². The van der Waals surface area contributed by atoms with E-state index in [2.05, 4.69) is 20.6 Å². The number of ether oxygens (including phenoxy) is 1. The summed E-state index contributed by atoms with van der Waals surface area (Å²) in [4.78, 5) is 7.90. The van der Waals surface area contributed by atoms with Gasteiger partial charge in [0, 0.05) is 19.8 Å². The fraction of sp³-hybridized carbons (Fsp3) is 0.600. The Morgan fingerprint density at radius 2 is 2.11 bits per heavy atom. The lowest BCUT2D eigenvalue weighted by atomic mass is 10.4. The summed E-state index contributed by atoms with van der Waals surface area (Å²) in [6.45, 7) is 1.05. The average molecular weight is 309 g/mol. The molecule has 0 bridgehead atoms. The van der Waals surface area contributed by atoms with Gasteiger partial charge in [0.15, 0.2) is 11.0 Å². The smallest absolute Gasteiger partial charge is 0.157 e. The molecule has 108 valence electrons. The maximum atomic E-state index is 10.9. The molecule has 0 aromatic carbocycles. The molecule has 0 fully saturated rings. The quantitative estimate of drug-likeness (QED) is 0.538. The Hall–Kier alpha value is -1.12. The van der Waals surface area contributed by atoms with E-state index in [4.69, 9.17) is 16.3 Å². The number of rotatable bonds is 8. The number of hydrogen-bond acceptors (Lipinski definition) is 7. The van der Waals surface area contributed by atoms with E-state index >= 15 is 0 Å². The Labute approximate surface area is 117 Å². The molecule has 0 aliphatic heterocycles. The summed E-state index contributed by atoms with van der Waals surface area (Å²) in [5.74, 6) is 0.600. The Kier molecular flexibility index (Phi) is 6.26. The summed E-state index contributed by atoms with van der Waals surface area (Å²) in [5.41, 5.74) is 0.611. The van der Waals surface area contributed by atoms with Crippen molar-refractivity contribution in [1.29, 1.82) is 0 Å². The molecule has 0 atom stereocenters. The molecule has 0 aliphatic rings. The summed E-state index contributed by atoms with van der Waals surface area (Å²) >= 11 is 5.89. The van der Waals surface area contributed by atoms with Gasteiger partial charge in [-0.2, -0.15) is 0 Å². The van der Waals surface area contributed by atoms with E-state index in [1.165, 1.54) is 12.6 Å². The van der Waals surface area contributed by atoms with Crippen LogP contribution in [0.4, 0.5) is 11.5 Å². The number of nitrogens with one attached hydrogen (secondary N) is 2. The minimum atomic E-state index is -2.97. The minimum Gasteiger partial charge on any atom is -0.383 e. The zero-order valence-electron chi connectivity index (χ0n) is 10.8. The highest BCUT2D eigenvalue weighted by molar-refractivity contribution is 7.90. The lowest BCUT2D eigenvalue weighted by molar-refractivity contribution is 0.159. The van der Waals surface area contributed by atoms with Crippen molar-refractivity contribution in [2.75, 3.05) is 49.4 Å². The topological polar surface area (TPSA) is 93.2 Å². The molecule has 0 spiro atoms. The fourth-order valence-corrected chi connectivity index (χ4v) is 1.92. The van der Waals surface area contributed by atoms with E-state index in [1.807, 2.05) is 0 Å². The summed E-state index contributed by atoms with van der Waals surface area (Å²) in [5, 5.41) is 6.26. The van der Waals surface area contributed by atoms with Crippen LogP contribution >= 0.6 is 11.6 Å². The van der Waals surface area contributed by atoms with Crippen molar-refractivity contribution in [3.63, 3.8) is 0 Å². The van der Waals surface area contributed by atoms with Gasteiger partial charge in [-0.15, -0.1) is 0 Å². The van der Waals surface area contributed by atoms with Crippen molar-refractivity contribution in [2.24, 2.45) is 0 Å². The standard InChI is InChI=1S/C10H17ClN4O3S/c1-12-8-9(11)14-7-15-10(8)13-3-4-18-5-6-19(2,16)17/h7,12H,3-6H2,1-2H3,(H,13,14,15). The SMILES string of the molecule is CNc1c(Cl)ncnc1NCCOCCS(C)(=O)=O. The molecule has 1 aromatic heterocycles. The molecular formula is C10H17ClN4O3S. The molecule has 0 radical (unpaired) electrons. The third-order valence-corrected chi connectivity index (χ3v) is 3.38. The third kappa shape index (κ3) is 6.04. The maximum absolute atomic E-state index is 10.9. The Balaban J connectivity index is 2.32. The number of anilines is 2. The van der Waals surface area contributed by atoms with Gasteiger partial charge in [0.2, 0.25) is 0 Å². The first-order chi connectivity index (χ1) is 8.94. The Bertz CT molecular complexity index is 509. The zero-order valence-corrected chi connectivity index (χ0v) is 12.4. The normalized spacial score (nSPS) is 11.3. The predicted molar refractivity (Wildman–Crippen MR) is 75.6 cm³/mol. The van der Waals surface area contributed by atoms with E-state index in [0.717, 1.165) is 0 Å². The second kappa shape index (κ2) is 7.46. The minimum absolute atomic E-state index is 0.0219. The molecule has 2 N–H and O–H groups in total. The summed E-state index contributed by atoms with van der Waals surface area (Å²) in [7, 11) is -1.25. The number of halogens is 1. The molecule has 19 heavy (non-hydrogen) atoms. The maximum Gasteiger partial charge on any atom is 0.157 e. The van der Waals surface area contributed by atoms with Crippen LogP contribution < -0.4 is 10.6 Å². The number of sulfone groups is 1. The molecule has 0 unspecified atom stereocenters. The zero-order chi connectivity index (χ0) is 14.3. The van der Waals surface area contributed by atoms with E-state index in [-0.39, 0.29) is 12.4 Å². The number of nitrogens with zero attached hydrogens (tertiary/aromatic N) is 2. The van der Waals surface area contributed by atoms with Gasteiger partial charge >= 0.3 is 0 Å². The molecule has 1 rings (SSSR count). The third-order valence-electron chi connectivity index (χ3n) is 2.19. The first-order valence-corrected chi connectivity index (χ1v) is 8.05. The number of aromatic nitrogens is 2. The van der Waals surface area contributed by atoms with Crippen LogP contribution in [-0.2, 0) is 14.6 Å². The van der Waals surface area contributed by atoms with Crippen LogP contribution in [-0.4, -0.2) is 57.2 Å². The second-order valence-corrected chi connectivity index (χ2v) is 6.42. The van der Waals surface area contributed by atoms with Crippen molar-refractivity contribution in [3.8, 4) is 0 Å². The molecule has 1 heterocycles. The fourth-order valence-electron chi connectivity index (χ4n) is 1.27. The highest BCUT2D eigenvalue weighted by Gasteiger charge is 2.07. The lowest BCUT2D eigenvalue weighted by Crippen LogP contribution is -2.16. The van der Waals surface area contributed by atoms with Crippen molar-refractivity contribution in [2.45, 2.75) is 0 Å². The van der Waals surface area contributed by atoms with Gasteiger partial charge in [0.05, 0.1) is 19.0 Å². The van der Waals surface area contributed by atoms with Gasteiger partial charge in [0.25, 0.3) is 0 Å². The van der Waals surface area contributed by atoms with Gasteiger partial charge in [-0.05, 0) is 0 Å². The molecule has 0 saturated heterocycles. The van der Waals surface area contributed by atoms with Gasteiger partial charge in [-0.1, -0.05) is 11.6 Å².